The van der Waals surface area contributed by atoms with Gasteiger partial charge in [0.25, 0.3) is 5.69 Å². The van der Waals surface area contributed by atoms with Gasteiger partial charge >= 0.3 is 0 Å². The Hall–Kier alpha value is -2.33. The van der Waals surface area contributed by atoms with E-state index in [1.165, 1.54) is 26.2 Å². The van der Waals surface area contributed by atoms with Gasteiger partial charge in [-0.15, -0.1) is 0 Å². The third-order valence-corrected chi connectivity index (χ3v) is 4.19. The second-order valence-corrected chi connectivity index (χ2v) is 6.54. The van der Waals surface area contributed by atoms with Crippen molar-refractivity contribution < 1.29 is 19.2 Å². The molecule has 3 N–H and O–H groups in total. The van der Waals surface area contributed by atoms with E-state index in [1.807, 2.05) is 6.07 Å². The molecule has 0 fully saturated rings. The molecule has 0 heterocycles. The van der Waals surface area contributed by atoms with E-state index in [4.69, 9.17) is 15.2 Å². The fraction of sp³-hybridized carbons (Fsp3) is 0.188. The molecule has 1 amide bonds. The highest BCUT2D eigenvalue weighted by Gasteiger charge is 2.18. The minimum atomic E-state index is -0.583. The van der Waals surface area contributed by atoms with Gasteiger partial charge in [0.1, 0.15) is 17.2 Å². The van der Waals surface area contributed by atoms with Gasteiger partial charge in [-0.2, -0.15) is 0 Å². The highest BCUT2D eigenvalue weighted by Crippen LogP contribution is 2.35. The number of ether oxygens (including phenoxy) is 2. The zero-order valence-corrected chi connectivity index (χ0v) is 17.4. The maximum absolute atomic E-state index is 10.9. The molecule has 8 nitrogen and oxygen atoms in total. The van der Waals surface area contributed by atoms with Gasteiger partial charge in [0.05, 0.1) is 34.2 Å². The van der Waals surface area contributed by atoms with E-state index in [1.54, 1.807) is 19.2 Å². The van der Waals surface area contributed by atoms with Crippen LogP contribution < -0.4 is 20.5 Å². The first-order valence-electron chi connectivity index (χ1n) is 7.08. The number of amides is 1. The Morgan fingerprint density at radius 1 is 1.12 bits per heavy atom. The molecule has 0 aliphatic carbocycles. The Morgan fingerprint density at radius 2 is 1.69 bits per heavy atom. The highest BCUT2D eigenvalue weighted by molar-refractivity contribution is 9.10. The molecular formula is C16H17Br2N3O5. The van der Waals surface area contributed by atoms with E-state index in [-0.39, 0.29) is 17.3 Å². The lowest BCUT2D eigenvalue weighted by atomic mass is 10.2. The number of carbonyl (C=O) groups is 1. The number of nitrogen functional groups attached to an aromatic ring is 1. The van der Waals surface area contributed by atoms with Crippen LogP contribution in [0.15, 0.2) is 39.3 Å². The van der Waals surface area contributed by atoms with Crippen molar-refractivity contribution in [3.8, 4) is 11.5 Å². The molecule has 0 saturated heterocycles. The van der Waals surface area contributed by atoms with Gasteiger partial charge < -0.3 is 20.5 Å². The van der Waals surface area contributed by atoms with Crippen molar-refractivity contribution >= 4 is 54.8 Å². The van der Waals surface area contributed by atoms with Crippen molar-refractivity contribution in [2.24, 2.45) is 0 Å². The highest BCUT2D eigenvalue weighted by atomic mass is 79.9. The fourth-order valence-corrected chi connectivity index (χ4v) is 2.89. The molecular weight excluding hydrogens is 474 g/mol. The van der Waals surface area contributed by atoms with Crippen LogP contribution in [0.3, 0.4) is 0 Å². The summed E-state index contributed by atoms with van der Waals surface area (Å²) in [5, 5.41) is 13.1. The lowest BCUT2D eigenvalue weighted by Crippen LogP contribution is -2.08. The van der Waals surface area contributed by atoms with Crippen LogP contribution in [0, 0.1) is 10.1 Å². The number of hydrogen-bond donors (Lipinski definition) is 2. The van der Waals surface area contributed by atoms with E-state index >= 15 is 0 Å². The Balaban J connectivity index is 0.000000289. The number of nitro groups is 1. The number of anilines is 2. The Labute approximate surface area is 167 Å². The van der Waals surface area contributed by atoms with Crippen LogP contribution >= 0.6 is 31.9 Å². The van der Waals surface area contributed by atoms with Gasteiger partial charge in [-0.3, -0.25) is 14.9 Å². The third-order valence-electron chi connectivity index (χ3n) is 2.95. The molecule has 2 rings (SSSR count). The molecule has 0 aliphatic rings. The van der Waals surface area contributed by atoms with Crippen LogP contribution in [0.25, 0.3) is 0 Å². The van der Waals surface area contributed by atoms with Gasteiger partial charge in [-0.1, -0.05) is 0 Å². The molecule has 0 saturated carbocycles. The molecule has 0 radical (unpaired) electrons. The van der Waals surface area contributed by atoms with E-state index in [0.717, 1.165) is 15.9 Å². The number of halogens is 2. The van der Waals surface area contributed by atoms with E-state index in [9.17, 15) is 14.9 Å². The first kappa shape index (κ1) is 21.7. The van der Waals surface area contributed by atoms with E-state index in [0.29, 0.717) is 10.2 Å². The number of rotatable bonds is 4. The number of hydrogen-bond acceptors (Lipinski definition) is 6. The largest absolute Gasteiger partial charge is 0.496 e. The maximum Gasteiger partial charge on any atom is 0.296 e. The van der Waals surface area contributed by atoms with Crippen molar-refractivity contribution in [2.45, 2.75) is 6.92 Å². The number of methoxy groups -OCH3 is 2. The number of nitro benzene ring substituents is 1. The monoisotopic (exact) mass is 489 g/mol. The van der Waals surface area contributed by atoms with E-state index < -0.39 is 4.92 Å². The van der Waals surface area contributed by atoms with E-state index in [2.05, 4.69) is 37.2 Å². The number of nitrogens with one attached hydrogen (secondary N) is 1. The summed E-state index contributed by atoms with van der Waals surface area (Å²) in [6.45, 7) is 1.28. The predicted molar refractivity (Wildman–Crippen MR) is 107 cm³/mol. The van der Waals surface area contributed by atoms with Crippen LogP contribution in [-0.4, -0.2) is 25.1 Å². The smallest absolute Gasteiger partial charge is 0.296 e. The predicted octanol–water partition coefficient (Wildman–Crippen LogP) is 4.36. The molecule has 0 bridgehead atoms. The molecule has 10 heteroatoms. The zero-order chi connectivity index (χ0) is 19.9. The van der Waals surface area contributed by atoms with Crippen molar-refractivity contribution in [1.29, 1.82) is 0 Å². The Bertz CT molecular complexity index is 815. The summed E-state index contributed by atoms with van der Waals surface area (Å²) in [5.74, 6) is 0.759. The zero-order valence-electron chi connectivity index (χ0n) is 14.2. The van der Waals surface area contributed by atoms with Crippen molar-refractivity contribution in [3.05, 3.63) is 49.4 Å². The second-order valence-electron chi connectivity index (χ2n) is 4.84. The molecule has 0 aromatic heterocycles. The summed E-state index contributed by atoms with van der Waals surface area (Å²) in [5.41, 5.74) is 6.14. The summed E-state index contributed by atoms with van der Waals surface area (Å²) in [6.07, 6.45) is 0. The quantitative estimate of drug-likeness (QED) is 0.373. The Morgan fingerprint density at radius 3 is 2.15 bits per heavy atom. The SMILES string of the molecule is COc1cc([N+](=O)[O-])c(NC(C)=O)cc1Br.COc1ccc(N)cc1Br. The first-order chi connectivity index (χ1) is 12.2. The van der Waals surface area contributed by atoms with Crippen LogP contribution in [0.4, 0.5) is 17.1 Å². The second kappa shape index (κ2) is 9.97. The summed E-state index contributed by atoms with van der Waals surface area (Å²) in [4.78, 5) is 21.1. The van der Waals surface area contributed by atoms with Crippen LogP contribution in [0.2, 0.25) is 0 Å². The summed E-state index contributed by atoms with van der Waals surface area (Å²) >= 11 is 6.48. The molecule has 2 aromatic rings. The molecule has 140 valence electrons. The summed E-state index contributed by atoms with van der Waals surface area (Å²) < 4.78 is 11.3. The third kappa shape index (κ3) is 6.19. The number of nitrogens with two attached hydrogens (primary N) is 1. The molecule has 0 atom stereocenters. The fourth-order valence-electron chi connectivity index (χ4n) is 1.82. The average Bonchev–Trinajstić information content (AvgIpc) is 2.55. The molecule has 0 spiro atoms. The lowest BCUT2D eigenvalue weighted by molar-refractivity contribution is -0.384. The standard InChI is InChI=1S/C9H9BrN2O4.C7H8BrNO/c1-5(13)11-7-3-6(10)9(16-2)4-8(7)12(14)15;1-10-7-3-2-5(9)4-6(7)8/h3-4H,1-2H3,(H,11,13);2-4H,9H2,1H3. The number of carbonyl (C=O) groups excluding carboxylic acids is 1. The van der Waals surface area contributed by atoms with Gasteiger partial charge in [0, 0.05) is 12.6 Å². The van der Waals surface area contributed by atoms with Gasteiger partial charge in [-0.05, 0) is 56.1 Å². The van der Waals surface area contributed by atoms with Crippen molar-refractivity contribution in [1.82, 2.24) is 0 Å². The van der Waals surface area contributed by atoms with Gasteiger partial charge in [0.15, 0.2) is 0 Å². The lowest BCUT2D eigenvalue weighted by Gasteiger charge is -2.07. The van der Waals surface area contributed by atoms with Crippen LogP contribution in [-0.2, 0) is 4.79 Å². The number of nitrogens with zero attached hydrogens (tertiary/aromatic N) is 1. The number of benzene rings is 2. The molecule has 0 unspecified atom stereocenters. The molecule has 0 aliphatic heterocycles. The maximum atomic E-state index is 10.9. The van der Waals surface area contributed by atoms with Crippen LogP contribution in [0.1, 0.15) is 6.92 Å². The molecule has 26 heavy (non-hydrogen) atoms. The average molecular weight is 491 g/mol. The van der Waals surface area contributed by atoms with Crippen molar-refractivity contribution in [3.63, 3.8) is 0 Å². The molecule has 2 aromatic carbocycles. The van der Waals surface area contributed by atoms with Crippen molar-refractivity contribution in [2.75, 3.05) is 25.3 Å². The minimum absolute atomic E-state index is 0.130. The van der Waals surface area contributed by atoms with Gasteiger partial charge in [-0.25, -0.2) is 0 Å². The normalized spacial score (nSPS) is 9.58. The Kier molecular flexibility index (Phi) is 8.33. The first-order valence-corrected chi connectivity index (χ1v) is 8.66. The van der Waals surface area contributed by atoms with Gasteiger partial charge in [0.2, 0.25) is 5.91 Å². The topological polar surface area (TPSA) is 117 Å². The minimum Gasteiger partial charge on any atom is -0.496 e. The summed E-state index contributed by atoms with van der Waals surface area (Å²) in [6, 6.07) is 8.09. The van der Waals surface area contributed by atoms with Crippen LogP contribution in [0.5, 0.6) is 11.5 Å². The summed E-state index contributed by atoms with van der Waals surface area (Å²) in [7, 11) is 3.03.